The molecule has 4 nitrogen and oxygen atoms in total. The fourth-order valence-electron chi connectivity index (χ4n) is 2.42. The molecule has 106 valence electrons. The van der Waals surface area contributed by atoms with E-state index in [9.17, 15) is 4.79 Å². The van der Waals surface area contributed by atoms with Crippen LogP contribution in [0.3, 0.4) is 0 Å². The minimum absolute atomic E-state index is 0.408. The lowest BCUT2D eigenvalue weighted by Gasteiger charge is -2.03. The number of nitrogens with zero attached hydrogens (tertiary/aromatic N) is 1. The van der Waals surface area contributed by atoms with Crippen molar-refractivity contribution in [2.75, 3.05) is 0 Å². The summed E-state index contributed by atoms with van der Waals surface area (Å²) in [6, 6.07) is 16.4. The summed E-state index contributed by atoms with van der Waals surface area (Å²) in [6.07, 6.45) is 3.12. The monoisotopic (exact) mass is 289 g/mol. The Kier molecular flexibility index (Phi) is 2.86. The fraction of sp³-hybridized carbons (Fsp3) is 0. The summed E-state index contributed by atoms with van der Waals surface area (Å²) in [7, 11) is 0. The van der Waals surface area contributed by atoms with Crippen LogP contribution in [0.25, 0.3) is 21.9 Å². The first-order valence-corrected chi connectivity index (χ1v) is 6.85. The van der Waals surface area contributed by atoms with Crippen LogP contribution in [-0.2, 0) is 0 Å². The predicted molar refractivity (Wildman–Crippen MR) is 82.9 cm³/mol. The molecule has 0 aliphatic heterocycles. The zero-order valence-electron chi connectivity index (χ0n) is 11.5. The fourth-order valence-corrected chi connectivity index (χ4v) is 2.42. The molecule has 0 saturated carbocycles. The number of rotatable bonds is 2. The van der Waals surface area contributed by atoms with E-state index in [1.807, 2.05) is 36.4 Å². The molecular formula is C18H11NO3. The molecule has 22 heavy (non-hydrogen) atoms. The van der Waals surface area contributed by atoms with Crippen LogP contribution in [0.4, 0.5) is 0 Å². The molecule has 2 aromatic carbocycles. The minimum atomic E-state index is -0.408. The van der Waals surface area contributed by atoms with Crippen LogP contribution in [-0.4, -0.2) is 11.0 Å². The summed E-state index contributed by atoms with van der Waals surface area (Å²) in [5.41, 5.74) is 2.05. The quantitative estimate of drug-likeness (QED) is 0.410. The third-order valence-electron chi connectivity index (χ3n) is 3.47. The number of carbonyl (C=O) groups is 1. The summed E-state index contributed by atoms with van der Waals surface area (Å²) >= 11 is 0. The van der Waals surface area contributed by atoms with Crippen molar-refractivity contribution in [1.82, 2.24) is 4.98 Å². The van der Waals surface area contributed by atoms with Gasteiger partial charge in [-0.05, 0) is 36.4 Å². The second-order valence-electron chi connectivity index (χ2n) is 4.88. The van der Waals surface area contributed by atoms with Gasteiger partial charge in [-0.2, -0.15) is 0 Å². The molecule has 0 saturated heterocycles. The highest BCUT2D eigenvalue weighted by Crippen LogP contribution is 2.31. The number of benzene rings is 2. The Labute approximate surface area is 126 Å². The van der Waals surface area contributed by atoms with Crippen LogP contribution in [0.15, 0.2) is 71.4 Å². The highest BCUT2D eigenvalue weighted by atomic mass is 16.5. The average Bonchev–Trinajstić information content (AvgIpc) is 2.94. The Morgan fingerprint density at radius 3 is 2.55 bits per heavy atom. The van der Waals surface area contributed by atoms with Gasteiger partial charge in [-0.15, -0.1) is 0 Å². The molecule has 0 aliphatic rings. The zero-order valence-corrected chi connectivity index (χ0v) is 11.5. The third-order valence-corrected chi connectivity index (χ3v) is 3.47. The molecule has 0 bridgehead atoms. The molecule has 4 rings (SSSR count). The minimum Gasteiger partial charge on any atom is -0.456 e. The van der Waals surface area contributed by atoms with E-state index in [4.69, 9.17) is 9.15 Å². The van der Waals surface area contributed by atoms with Crippen molar-refractivity contribution in [3.8, 4) is 5.75 Å². The smallest absolute Gasteiger partial charge is 0.343 e. The van der Waals surface area contributed by atoms with Crippen molar-refractivity contribution >= 4 is 27.9 Å². The molecule has 0 unspecified atom stereocenters. The van der Waals surface area contributed by atoms with Crippen LogP contribution in [0, 0.1) is 0 Å². The number of carbonyl (C=O) groups excluding carboxylic acids is 1. The lowest BCUT2D eigenvalue weighted by molar-refractivity contribution is 0.0735. The first-order chi connectivity index (χ1) is 10.8. The van der Waals surface area contributed by atoms with Gasteiger partial charge in [-0.3, -0.25) is 4.98 Å². The molecule has 0 amide bonds. The first-order valence-electron chi connectivity index (χ1n) is 6.85. The van der Waals surface area contributed by atoms with Gasteiger partial charge in [0.2, 0.25) is 0 Å². The normalized spacial score (nSPS) is 10.9. The molecule has 0 radical (unpaired) electrons. The Morgan fingerprint density at radius 1 is 0.909 bits per heavy atom. The molecule has 0 spiro atoms. The van der Waals surface area contributed by atoms with Crippen molar-refractivity contribution < 1.29 is 13.9 Å². The zero-order chi connectivity index (χ0) is 14.9. The number of para-hydroxylation sites is 1. The van der Waals surface area contributed by atoms with Crippen LogP contribution in [0.5, 0.6) is 5.75 Å². The van der Waals surface area contributed by atoms with Gasteiger partial charge in [0.15, 0.2) is 0 Å². The lowest BCUT2D eigenvalue weighted by Crippen LogP contribution is -2.08. The van der Waals surface area contributed by atoms with Gasteiger partial charge in [-0.1, -0.05) is 18.2 Å². The Morgan fingerprint density at radius 2 is 1.68 bits per heavy atom. The Hall–Kier alpha value is -3.14. The number of esters is 1. The molecule has 0 N–H and O–H groups in total. The topological polar surface area (TPSA) is 52.3 Å². The van der Waals surface area contributed by atoms with Crippen LogP contribution in [0.2, 0.25) is 0 Å². The highest BCUT2D eigenvalue weighted by Gasteiger charge is 2.11. The molecule has 0 aliphatic carbocycles. The molecule has 0 atom stereocenters. The molecule has 4 aromatic rings. The Bertz CT molecular complexity index is 973. The molecular weight excluding hydrogens is 278 g/mol. The van der Waals surface area contributed by atoms with E-state index in [0.29, 0.717) is 11.3 Å². The average molecular weight is 289 g/mol. The molecule has 0 fully saturated rings. The SMILES string of the molecule is O=C(Oc1ccc2oc3ccccc3c2c1)c1ccncc1. The number of hydrogen-bond donors (Lipinski definition) is 0. The van der Waals surface area contributed by atoms with Gasteiger partial charge >= 0.3 is 5.97 Å². The van der Waals surface area contributed by atoms with E-state index in [2.05, 4.69) is 4.98 Å². The first kappa shape index (κ1) is 12.6. The van der Waals surface area contributed by atoms with Gasteiger partial charge in [0, 0.05) is 23.2 Å². The highest BCUT2D eigenvalue weighted by molar-refractivity contribution is 6.05. The predicted octanol–water partition coefficient (Wildman–Crippen LogP) is 4.20. The van der Waals surface area contributed by atoms with Crippen molar-refractivity contribution in [1.29, 1.82) is 0 Å². The van der Waals surface area contributed by atoms with Gasteiger partial charge in [0.05, 0.1) is 5.56 Å². The maximum absolute atomic E-state index is 12.1. The maximum atomic E-state index is 12.1. The van der Waals surface area contributed by atoms with Crippen LogP contribution >= 0.6 is 0 Å². The van der Waals surface area contributed by atoms with Crippen molar-refractivity contribution in [3.63, 3.8) is 0 Å². The van der Waals surface area contributed by atoms with Crippen LogP contribution < -0.4 is 4.74 Å². The summed E-state index contributed by atoms with van der Waals surface area (Å²) in [5, 5.41) is 1.93. The molecule has 4 heteroatoms. The van der Waals surface area contributed by atoms with E-state index in [1.165, 1.54) is 0 Å². The van der Waals surface area contributed by atoms with E-state index in [0.717, 1.165) is 21.9 Å². The Balaban J connectivity index is 1.73. The van der Waals surface area contributed by atoms with E-state index < -0.39 is 5.97 Å². The van der Waals surface area contributed by atoms with Gasteiger partial charge < -0.3 is 9.15 Å². The summed E-state index contributed by atoms with van der Waals surface area (Å²) in [5.74, 6) is 0.0791. The van der Waals surface area contributed by atoms with Crippen molar-refractivity contribution in [3.05, 3.63) is 72.6 Å². The van der Waals surface area contributed by atoms with Crippen molar-refractivity contribution in [2.45, 2.75) is 0 Å². The van der Waals surface area contributed by atoms with Gasteiger partial charge in [0.25, 0.3) is 0 Å². The van der Waals surface area contributed by atoms with Gasteiger partial charge in [-0.25, -0.2) is 4.79 Å². The van der Waals surface area contributed by atoms with Gasteiger partial charge in [0.1, 0.15) is 16.9 Å². The van der Waals surface area contributed by atoms with Crippen molar-refractivity contribution in [2.24, 2.45) is 0 Å². The molecule has 2 aromatic heterocycles. The number of furan rings is 1. The van der Waals surface area contributed by atoms with E-state index in [-0.39, 0.29) is 0 Å². The third kappa shape index (κ3) is 2.11. The second kappa shape index (κ2) is 5.00. The van der Waals surface area contributed by atoms with E-state index in [1.54, 1.807) is 30.6 Å². The standard InChI is InChI=1S/C18H11NO3/c20-18(12-7-9-19-10-8-12)21-13-5-6-17-15(11-13)14-3-1-2-4-16(14)22-17/h1-11H. The second-order valence-corrected chi connectivity index (χ2v) is 4.88. The van der Waals surface area contributed by atoms with Crippen LogP contribution in [0.1, 0.15) is 10.4 Å². The lowest BCUT2D eigenvalue weighted by atomic mass is 10.1. The number of fused-ring (bicyclic) bond motifs is 3. The largest absolute Gasteiger partial charge is 0.456 e. The number of hydrogen-bond acceptors (Lipinski definition) is 4. The maximum Gasteiger partial charge on any atom is 0.343 e. The summed E-state index contributed by atoms with van der Waals surface area (Å²) < 4.78 is 11.2. The number of aromatic nitrogens is 1. The number of pyridine rings is 1. The molecule has 2 heterocycles. The summed E-state index contributed by atoms with van der Waals surface area (Å²) in [6.45, 7) is 0. The van der Waals surface area contributed by atoms with E-state index >= 15 is 0 Å². The number of ether oxygens (including phenoxy) is 1. The summed E-state index contributed by atoms with van der Waals surface area (Å²) in [4.78, 5) is 16.0.